The average Bonchev–Trinajstić information content (AvgIpc) is 2.65. The molecule has 1 rings (SSSR count). The van der Waals surface area contributed by atoms with Crippen LogP contribution >= 0.6 is 0 Å². The van der Waals surface area contributed by atoms with Gasteiger partial charge in [0, 0.05) is 20.1 Å². The molecule has 0 saturated carbocycles. The molecule has 0 aliphatic rings. The fourth-order valence-corrected chi connectivity index (χ4v) is 2.69. The van der Waals surface area contributed by atoms with Crippen molar-refractivity contribution in [2.24, 2.45) is 4.99 Å². The van der Waals surface area contributed by atoms with Crippen LogP contribution in [0.25, 0.3) is 0 Å². The Morgan fingerprint density at radius 3 is 2.23 bits per heavy atom. The van der Waals surface area contributed by atoms with Gasteiger partial charge in [0.1, 0.15) is 0 Å². The van der Waals surface area contributed by atoms with E-state index in [9.17, 15) is 5.11 Å². The lowest BCUT2D eigenvalue weighted by Gasteiger charge is -2.27. The largest absolute Gasteiger partial charge is 0.493 e. The van der Waals surface area contributed by atoms with Gasteiger partial charge in [-0.3, -0.25) is 4.99 Å². The van der Waals surface area contributed by atoms with Crippen LogP contribution in [-0.2, 0) is 6.54 Å². The molecule has 6 heteroatoms. The number of methoxy groups -OCH3 is 2. The quantitative estimate of drug-likeness (QED) is 0.520. The van der Waals surface area contributed by atoms with Gasteiger partial charge < -0.3 is 24.8 Å². The van der Waals surface area contributed by atoms with Crippen molar-refractivity contribution < 1.29 is 14.6 Å². The topological polar surface area (TPSA) is 66.3 Å². The fraction of sp³-hybridized carbons (Fsp3) is 0.650. The standard InChI is InChI=1S/C20H35N3O3/c1-8-20(24,9-2)14-22-19(21-10-3)23(5)13-16-12-18(26-7)17(25-6)11-15(16)4/h11-12,24H,8-10,13-14H2,1-7H3,(H,21,22). The maximum Gasteiger partial charge on any atom is 0.194 e. The lowest BCUT2D eigenvalue weighted by molar-refractivity contribution is 0.0416. The molecular weight excluding hydrogens is 330 g/mol. The molecule has 26 heavy (non-hydrogen) atoms. The van der Waals surface area contributed by atoms with E-state index in [-0.39, 0.29) is 0 Å². The number of nitrogens with one attached hydrogen (secondary N) is 1. The van der Waals surface area contributed by atoms with Gasteiger partial charge in [0.15, 0.2) is 17.5 Å². The van der Waals surface area contributed by atoms with Crippen molar-refractivity contribution in [3.63, 3.8) is 0 Å². The third kappa shape index (κ3) is 5.80. The van der Waals surface area contributed by atoms with Crippen molar-refractivity contribution in [2.75, 3.05) is 34.4 Å². The second kappa shape index (κ2) is 10.3. The Kier molecular flexibility index (Phi) is 8.72. The highest BCUT2D eigenvalue weighted by Crippen LogP contribution is 2.30. The van der Waals surface area contributed by atoms with E-state index in [0.29, 0.717) is 25.9 Å². The Morgan fingerprint density at radius 1 is 1.15 bits per heavy atom. The summed E-state index contributed by atoms with van der Waals surface area (Å²) in [7, 11) is 5.28. The summed E-state index contributed by atoms with van der Waals surface area (Å²) in [5, 5.41) is 13.8. The first kappa shape index (κ1) is 22.1. The van der Waals surface area contributed by atoms with E-state index in [1.54, 1.807) is 14.2 Å². The summed E-state index contributed by atoms with van der Waals surface area (Å²) < 4.78 is 10.8. The smallest absolute Gasteiger partial charge is 0.194 e. The van der Waals surface area contributed by atoms with Gasteiger partial charge in [0.05, 0.1) is 26.4 Å². The highest BCUT2D eigenvalue weighted by Gasteiger charge is 2.22. The number of aliphatic imine (C=N–C) groups is 1. The predicted molar refractivity (Wildman–Crippen MR) is 107 cm³/mol. The normalized spacial score (nSPS) is 12.1. The zero-order valence-electron chi connectivity index (χ0n) is 17.3. The molecule has 0 fully saturated rings. The summed E-state index contributed by atoms with van der Waals surface area (Å²) in [5.74, 6) is 2.23. The van der Waals surface area contributed by atoms with Crippen LogP contribution < -0.4 is 14.8 Å². The number of nitrogens with zero attached hydrogens (tertiary/aromatic N) is 2. The van der Waals surface area contributed by atoms with Crippen LogP contribution in [0.2, 0.25) is 0 Å². The summed E-state index contributed by atoms with van der Waals surface area (Å²) in [6.45, 7) is 9.90. The van der Waals surface area contributed by atoms with Crippen molar-refractivity contribution in [1.82, 2.24) is 10.2 Å². The molecular formula is C20H35N3O3. The zero-order valence-corrected chi connectivity index (χ0v) is 17.3. The monoisotopic (exact) mass is 365 g/mol. The van der Waals surface area contributed by atoms with Crippen molar-refractivity contribution in [3.8, 4) is 11.5 Å². The van der Waals surface area contributed by atoms with Crippen LogP contribution in [0.3, 0.4) is 0 Å². The van der Waals surface area contributed by atoms with Gasteiger partial charge in [0.2, 0.25) is 0 Å². The highest BCUT2D eigenvalue weighted by atomic mass is 16.5. The minimum atomic E-state index is -0.749. The summed E-state index contributed by atoms with van der Waals surface area (Å²) in [6, 6.07) is 3.99. The molecule has 0 radical (unpaired) electrons. The number of benzene rings is 1. The minimum Gasteiger partial charge on any atom is -0.493 e. The van der Waals surface area contributed by atoms with Gasteiger partial charge in [-0.25, -0.2) is 0 Å². The van der Waals surface area contributed by atoms with Gasteiger partial charge >= 0.3 is 0 Å². The van der Waals surface area contributed by atoms with Crippen LogP contribution in [-0.4, -0.2) is 55.9 Å². The first-order valence-electron chi connectivity index (χ1n) is 9.27. The zero-order chi connectivity index (χ0) is 19.7. The van der Waals surface area contributed by atoms with E-state index in [0.717, 1.165) is 35.1 Å². The number of guanidine groups is 1. The second-order valence-corrected chi connectivity index (χ2v) is 6.59. The van der Waals surface area contributed by atoms with E-state index < -0.39 is 5.60 Å². The third-order valence-corrected chi connectivity index (χ3v) is 4.79. The molecule has 0 aliphatic heterocycles. The van der Waals surface area contributed by atoms with Gasteiger partial charge in [0.25, 0.3) is 0 Å². The van der Waals surface area contributed by atoms with Gasteiger partial charge in [-0.2, -0.15) is 0 Å². The first-order chi connectivity index (χ1) is 12.3. The molecule has 0 atom stereocenters. The van der Waals surface area contributed by atoms with E-state index in [2.05, 4.69) is 22.1 Å². The van der Waals surface area contributed by atoms with Crippen molar-refractivity contribution in [2.45, 2.75) is 52.7 Å². The Balaban J connectivity index is 3.02. The third-order valence-electron chi connectivity index (χ3n) is 4.79. The van der Waals surface area contributed by atoms with Crippen LogP contribution in [0.1, 0.15) is 44.7 Å². The number of aryl methyl sites for hydroxylation is 1. The lowest BCUT2D eigenvalue weighted by Crippen LogP contribution is -2.40. The Hall–Kier alpha value is -1.95. The van der Waals surface area contributed by atoms with Gasteiger partial charge in [-0.05, 0) is 49.9 Å². The number of hydrogen-bond donors (Lipinski definition) is 2. The molecule has 1 aromatic rings. The van der Waals surface area contributed by atoms with Crippen LogP contribution in [0, 0.1) is 6.92 Å². The molecule has 0 saturated heterocycles. The maximum absolute atomic E-state index is 10.5. The summed E-state index contributed by atoms with van der Waals surface area (Å²) in [4.78, 5) is 6.71. The molecule has 2 N–H and O–H groups in total. The van der Waals surface area contributed by atoms with E-state index in [4.69, 9.17) is 9.47 Å². The van der Waals surface area contributed by atoms with Crippen molar-refractivity contribution >= 4 is 5.96 Å². The Morgan fingerprint density at radius 2 is 1.73 bits per heavy atom. The molecule has 0 bridgehead atoms. The van der Waals surface area contributed by atoms with E-state index in [1.165, 1.54) is 0 Å². The average molecular weight is 366 g/mol. The van der Waals surface area contributed by atoms with Gasteiger partial charge in [-0.1, -0.05) is 13.8 Å². The van der Waals surface area contributed by atoms with Crippen molar-refractivity contribution in [3.05, 3.63) is 23.3 Å². The molecule has 0 aliphatic carbocycles. The summed E-state index contributed by atoms with van der Waals surface area (Å²) >= 11 is 0. The number of ether oxygens (including phenoxy) is 2. The molecule has 6 nitrogen and oxygen atoms in total. The second-order valence-electron chi connectivity index (χ2n) is 6.59. The molecule has 0 heterocycles. The first-order valence-corrected chi connectivity index (χ1v) is 9.27. The molecule has 0 amide bonds. The lowest BCUT2D eigenvalue weighted by atomic mass is 9.98. The number of aliphatic hydroxyl groups is 1. The summed E-state index contributed by atoms with van der Waals surface area (Å²) in [6.07, 6.45) is 1.37. The molecule has 148 valence electrons. The molecule has 1 aromatic carbocycles. The SMILES string of the molecule is CCNC(=NCC(O)(CC)CC)N(C)Cc1cc(OC)c(OC)cc1C. The molecule has 0 unspecified atom stereocenters. The Labute approximate surface area is 158 Å². The summed E-state index contributed by atoms with van der Waals surface area (Å²) in [5.41, 5.74) is 1.52. The minimum absolute atomic E-state index is 0.386. The van der Waals surface area contributed by atoms with E-state index in [1.807, 2.05) is 40.0 Å². The number of hydrogen-bond acceptors (Lipinski definition) is 4. The fourth-order valence-electron chi connectivity index (χ4n) is 2.69. The van der Waals surface area contributed by atoms with Crippen LogP contribution in [0.5, 0.6) is 11.5 Å². The number of rotatable bonds is 9. The maximum atomic E-state index is 10.5. The van der Waals surface area contributed by atoms with Crippen LogP contribution in [0.15, 0.2) is 17.1 Å². The molecule has 0 spiro atoms. The molecule has 0 aromatic heterocycles. The predicted octanol–water partition coefficient (Wildman–Crippen LogP) is 2.96. The van der Waals surface area contributed by atoms with E-state index >= 15 is 0 Å². The Bertz CT molecular complexity index is 598. The van der Waals surface area contributed by atoms with Gasteiger partial charge in [-0.15, -0.1) is 0 Å². The highest BCUT2D eigenvalue weighted by molar-refractivity contribution is 5.79. The van der Waals surface area contributed by atoms with Crippen LogP contribution in [0.4, 0.5) is 0 Å². The van der Waals surface area contributed by atoms with Crippen molar-refractivity contribution in [1.29, 1.82) is 0 Å².